The summed E-state index contributed by atoms with van der Waals surface area (Å²) in [6.07, 6.45) is 0. The molecule has 1 aliphatic heterocycles. The minimum Gasteiger partial charge on any atom is -0.474 e. The number of hydrogen-bond donors (Lipinski definition) is 1. The van der Waals surface area contributed by atoms with Crippen LogP contribution in [-0.4, -0.2) is 28.7 Å². The number of alkyl halides is 1. The molecule has 5 heteroatoms. The zero-order valence-electron chi connectivity index (χ0n) is 10.8. The normalized spacial score (nSPS) is 29.4. The molecule has 0 saturated heterocycles. The molecule has 0 aromatic carbocycles. The van der Waals surface area contributed by atoms with Gasteiger partial charge in [0.05, 0.1) is 5.76 Å². The van der Waals surface area contributed by atoms with Gasteiger partial charge < -0.3 is 10.1 Å². The Morgan fingerprint density at radius 3 is 2.47 bits per heavy atom. The summed E-state index contributed by atoms with van der Waals surface area (Å²) in [5.41, 5.74) is -0.869. The Bertz CT molecular complexity index is 389. The predicted octanol–water partition coefficient (Wildman–Crippen LogP) is 1.77. The number of Topliss-reactive ketones (excluding diaryl/α,β-unsaturated/α-hetero) is 1. The highest BCUT2D eigenvalue weighted by Gasteiger charge is 2.50. The summed E-state index contributed by atoms with van der Waals surface area (Å²) in [4.78, 5) is 24.1. The van der Waals surface area contributed by atoms with Gasteiger partial charge in [0.1, 0.15) is 5.38 Å². The molecule has 2 atom stereocenters. The number of rotatable bonds is 2. The van der Waals surface area contributed by atoms with Crippen molar-refractivity contribution in [2.24, 2.45) is 0 Å². The molecule has 0 spiro atoms. The number of ketones is 1. The van der Waals surface area contributed by atoms with Gasteiger partial charge in [0, 0.05) is 6.04 Å². The van der Waals surface area contributed by atoms with Crippen molar-refractivity contribution in [1.29, 1.82) is 0 Å². The molecule has 1 aliphatic rings. The lowest BCUT2D eigenvalue weighted by molar-refractivity contribution is -0.154. The Balaban J connectivity index is 3.06. The third kappa shape index (κ3) is 2.46. The molecule has 1 heterocycles. The predicted molar refractivity (Wildman–Crippen MR) is 65.8 cm³/mol. The van der Waals surface area contributed by atoms with Gasteiger partial charge in [-0.25, -0.2) is 0 Å². The fraction of sp³-hybridized carbons (Fsp3) is 0.667. The number of carbonyl (C=O) groups excluding carboxylic acids is 2. The van der Waals surface area contributed by atoms with Gasteiger partial charge in [-0.3, -0.25) is 9.59 Å². The maximum Gasteiger partial charge on any atom is 0.272 e. The lowest BCUT2D eigenvalue weighted by Gasteiger charge is -2.35. The number of ether oxygens (including phenoxy) is 1. The highest BCUT2D eigenvalue weighted by molar-refractivity contribution is 6.37. The molecule has 0 bridgehead atoms. The molecule has 0 aromatic heterocycles. The van der Waals surface area contributed by atoms with Crippen LogP contribution in [-0.2, 0) is 14.3 Å². The van der Waals surface area contributed by atoms with Gasteiger partial charge in [-0.2, -0.15) is 0 Å². The van der Waals surface area contributed by atoms with Crippen LogP contribution in [0.15, 0.2) is 11.3 Å². The van der Waals surface area contributed by atoms with Crippen molar-refractivity contribution in [2.45, 2.75) is 51.6 Å². The Morgan fingerprint density at radius 1 is 1.47 bits per heavy atom. The molecular weight excluding hydrogens is 242 g/mol. The van der Waals surface area contributed by atoms with Crippen LogP contribution in [0.25, 0.3) is 0 Å². The second-order valence-electron chi connectivity index (χ2n) is 4.73. The van der Waals surface area contributed by atoms with E-state index in [2.05, 4.69) is 5.32 Å². The highest BCUT2D eigenvalue weighted by Crippen LogP contribution is 2.32. The van der Waals surface area contributed by atoms with E-state index >= 15 is 0 Å². The van der Waals surface area contributed by atoms with Gasteiger partial charge in [-0.05, 0) is 40.2 Å². The molecule has 17 heavy (non-hydrogen) atoms. The summed E-state index contributed by atoms with van der Waals surface area (Å²) < 4.78 is 5.46. The quantitative estimate of drug-likeness (QED) is 0.607. The summed E-state index contributed by atoms with van der Waals surface area (Å²) in [5.74, 6) is -0.332. The van der Waals surface area contributed by atoms with Crippen LogP contribution in [0.4, 0.5) is 0 Å². The molecule has 0 aliphatic carbocycles. The number of hydrogen-bond acceptors (Lipinski definition) is 3. The fourth-order valence-corrected chi connectivity index (χ4v) is 1.97. The van der Waals surface area contributed by atoms with Crippen LogP contribution >= 0.6 is 11.6 Å². The number of carbonyl (C=O) groups is 2. The van der Waals surface area contributed by atoms with Crippen molar-refractivity contribution in [1.82, 2.24) is 5.32 Å². The Kier molecular flexibility index (Phi) is 3.87. The molecule has 0 saturated carbocycles. The molecule has 1 amide bonds. The Hall–Kier alpha value is -1.03. The number of nitrogens with one attached hydrogen (secondary N) is 1. The molecular formula is C12H18ClNO3. The smallest absolute Gasteiger partial charge is 0.272 e. The average Bonchev–Trinajstić information content (AvgIpc) is 2.22. The topological polar surface area (TPSA) is 55.4 Å². The summed E-state index contributed by atoms with van der Waals surface area (Å²) in [7, 11) is 0. The number of amides is 1. The van der Waals surface area contributed by atoms with Crippen LogP contribution in [0.5, 0.6) is 0 Å². The van der Waals surface area contributed by atoms with E-state index in [0.29, 0.717) is 11.3 Å². The number of halogens is 1. The second kappa shape index (κ2) is 4.69. The van der Waals surface area contributed by atoms with Crippen LogP contribution in [0, 0.1) is 0 Å². The van der Waals surface area contributed by atoms with Gasteiger partial charge in [-0.15, -0.1) is 11.6 Å². The van der Waals surface area contributed by atoms with E-state index in [1.165, 1.54) is 6.92 Å². The van der Waals surface area contributed by atoms with Crippen molar-refractivity contribution < 1.29 is 14.3 Å². The first-order valence-electron chi connectivity index (χ1n) is 5.56. The maximum atomic E-state index is 12.1. The van der Waals surface area contributed by atoms with Crippen molar-refractivity contribution >= 4 is 23.3 Å². The average molecular weight is 260 g/mol. The zero-order valence-corrected chi connectivity index (χ0v) is 11.5. The minimum atomic E-state index is -1.53. The molecule has 0 fully saturated rings. The number of allylic oxidation sites excluding steroid dienone is 2. The van der Waals surface area contributed by atoms with E-state index in [9.17, 15) is 9.59 Å². The summed E-state index contributed by atoms with van der Waals surface area (Å²) in [6, 6.07) is -0.0585. The molecule has 96 valence electrons. The summed E-state index contributed by atoms with van der Waals surface area (Å²) in [5, 5.41) is 1.87. The standard InChI is InChI=1S/C12H18ClNO3/c1-6(2)14-11(16)12(5)10(15)9(13)7(3)8(4)17-12/h6,9H,1-5H3,(H,14,16). The van der Waals surface area contributed by atoms with Crippen LogP contribution < -0.4 is 5.32 Å². The van der Waals surface area contributed by atoms with Crippen molar-refractivity contribution in [3.8, 4) is 0 Å². The van der Waals surface area contributed by atoms with Gasteiger partial charge in [0.25, 0.3) is 5.91 Å². The SMILES string of the molecule is CC1=C(C)C(Cl)C(=O)C(C)(C(=O)NC(C)C)O1. The van der Waals surface area contributed by atoms with Crippen molar-refractivity contribution in [3.05, 3.63) is 11.3 Å². The fourth-order valence-electron chi connectivity index (χ4n) is 1.61. The molecule has 1 rings (SSSR count). The Morgan fingerprint density at radius 2 is 2.00 bits per heavy atom. The third-order valence-corrected chi connectivity index (χ3v) is 3.37. The highest BCUT2D eigenvalue weighted by atomic mass is 35.5. The Labute approximate surface area is 106 Å². The molecule has 4 nitrogen and oxygen atoms in total. The van der Waals surface area contributed by atoms with Crippen LogP contribution in [0.3, 0.4) is 0 Å². The van der Waals surface area contributed by atoms with Gasteiger partial charge in [-0.1, -0.05) is 0 Å². The lowest BCUT2D eigenvalue weighted by atomic mass is 9.90. The lowest BCUT2D eigenvalue weighted by Crippen LogP contribution is -2.58. The summed E-state index contributed by atoms with van der Waals surface area (Å²) in [6.45, 7) is 8.53. The molecule has 0 aromatic rings. The molecule has 2 unspecified atom stereocenters. The van der Waals surface area contributed by atoms with E-state index in [-0.39, 0.29) is 6.04 Å². The second-order valence-corrected chi connectivity index (χ2v) is 5.17. The van der Waals surface area contributed by atoms with Gasteiger partial charge in [0.2, 0.25) is 11.4 Å². The van der Waals surface area contributed by atoms with Gasteiger partial charge in [0.15, 0.2) is 0 Å². The summed E-state index contributed by atoms with van der Waals surface area (Å²) >= 11 is 6.01. The molecule has 0 radical (unpaired) electrons. The first kappa shape index (κ1) is 14.0. The van der Waals surface area contributed by atoms with E-state index in [0.717, 1.165) is 0 Å². The van der Waals surface area contributed by atoms with E-state index in [1.54, 1.807) is 13.8 Å². The first-order valence-corrected chi connectivity index (χ1v) is 5.99. The first-order chi connectivity index (χ1) is 7.70. The van der Waals surface area contributed by atoms with Crippen LogP contribution in [0.2, 0.25) is 0 Å². The monoisotopic (exact) mass is 259 g/mol. The minimum absolute atomic E-state index is 0.0585. The molecule has 1 N–H and O–H groups in total. The largest absolute Gasteiger partial charge is 0.474 e. The van der Waals surface area contributed by atoms with Gasteiger partial charge >= 0.3 is 0 Å². The third-order valence-electron chi connectivity index (χ3n) is 2.85. The van der Waals surface area contributed by atoms with Crippen LogP contribution in [0.1, 0.15) is 34.6 Å². The van der Waals surface area contributed by atoms with E-state index in [1.807, 2.05) is 13.8 Å². The van der Waals surface area contributed by atoms with Crippen molar-refractivity contribution in [3.63, 3.8) is 0 Å². The van der Waals surface area contributed by atoms with Crippen molar-refractivity contribution in [2.75, 3.05) is 0 Å². The van der Waals surface area contributed by atoms with E-state index in [4.69, 9.17) is 16.3 Å². The van der Waals surface area contributed by atoms with E-state index < -0.39 is 22.7 Å². The zero-order chi connectivity index (χ0) is 13.4. The maximum absolute atomic E-state index is 12.1.